The first kappa shape index (κ1) is 15.2. The molecule has 18 heavy (non-hydrogen) atoms. The number of carbonyl (C=O) groups is 1. The van der Waals surface area contributed by atoms with E-state index in [1.165, 1.54) is 0 Å². The third-order valence-electron chi connectivity index (χ3n) is 2.92. The van der Waals surface area contributed by atoms with Crippen molar-refractivity contribution in [2.45, 2.75) is 39.7 Å². The van der Waals surface area contributed by atoms with Crippen LogP contribution in [0.3, 0.4) is 0 Å². The van der Waals surface area contributed by atoms with Crippen LogP contribution in [0, 0.1) is 5.92 Å². The molecule has 0 aliphatic rings. The molecule has 0 spiro atoms. The van der Waals surface area contributed by atoms with Gasteiger partial charge in [0.2, 0.25) is 0 Å². The van der Waals surface area contributed by atoms with Gasteiger partial charge in [0, 0.05) is 23.5 Å². The first-order chi connectivity index (χ1) is 8.41. The van der Waals surface area contributed by atoms with Gasteiger partial charge >= 0.3 is 0 Å². The molecule has 0 unspecified atom stereocenters. The summed E-state index contributed by atoms with van der Waals surface area (Å²) >= 11 is 5.89. The Morgan fingerprint density at radius 3 is 2.17 bits per heavy atom. The summed E-state index contributed by atoms with van der Waals surface area (Å²) in [7, 11) is 0. The Balaban J connectivity index is 2.89. The molecule has 100 valence electrons. The van der Waals surface area contributed by atoms with Gasteiger partial charge in [-0.15, -0.1) is 0 Å². The fourth-order valence-corrected chi connectivity index (χ4v) is 1.96. The Kier molecular flexibility index (Phi) is 5.83. The Hall–Kier alpha value is -0.860. The highest BCUT2D eigenvalue weighted by molar-refractivity contribution is 6.30. The van der Waals surface area contributed by atoms with E-state index < -0.39 is 0 Å². The standard InChI is InChI=1S/C15H22ClNO/c1-10(2)15(18)14(9-17-11(3)4)12-5-7-13(16)8-6-12/h5-8,10-11,14,17H,9H2,1-4H3/t14-/m1/s1. The van der Waals surface area contributed by atoms with Gasteiger partial charge in [-0.3, -0.25) is 4.79 Å². The van der Waals surface area contributed by atoms with Crippen LogP contribution in [-0.2, 0) is 4.79 Å². The zero-order valence-corrected chi connectivity index (χ0v) is 12.3. The van der Waals surface area contributed by atoms with Gasteiger partial charge in [0.15, 0.2) is 0 Å². The van der Waals surface area contributed by atoms with Crippen molar-refractivity contribution in [3.63, 3.8) is 0 Å². The molecule has 1 atom stereocenters. The SMILES string of the molecule is CC(C)NC[C@@H](C(=O)C(C)C)c1ccc(Cl)cc1. The Morgan fingerprint density at radius 2 is 1.72 bits per heavy atom. The minimum atomic E-state index is -0.0929. The first-order valence-corrected chi connectivity index (χ1v) is 6.82. The largest absolute Gasteiger partial charge is 0.313 e. The lowest BCUT2D eigenvalue weighted by Crippen LogP contribution is -2.33. The van der Waals surface area contributed by atoms with Crippen molar-refractivity contribution in [1.82, 2.24) is 5.32 Å². The molecule has 0 heterocycles. The summed E-state index contributed by atoms with van der Waals surface area (Å²) < 4.78 is 0. The summed E-state index contributed by atoms with van der Waals surface area (Å²) in [5.74, 6) is 0.217. The molecule has 0 bridgehead atoms. The van der Waals surface area contributed by atoms with Crippen LogP contribution in [0.4, 0.5) is 0 Å². The van der Waals surface area contributed by atoms with Crippen LogP contribution in [0.5, 0.6) is 0 Å². The van der Waals surface area contributed by atoms with Crippen LogP contribution < -0.4 is 5.32 Å². The number of halogens is 1. The van der Waals surface area contributed by atoms with Crippen molar-refractivity contribution in [1.29, 1.82) is 0 Å². The van der Waals surface area contributed by atoms with Gasteiger partial charge < -0.3 is 5.32 Å². The number of hydrogen-bond acceptors (Lipinski definition) is 2. The number of carbonyl (C=O) groups excluding carboxylic acids is 1. The Morgan fingerprint density at radius 1 is 1.17 bits per heavy atom. The van der Waals surface area contributed by atoms with Gasteiger partial charge in [0.05, 0.1) is 5.92 Å². The summed E-state index contributed by atoms with van der Waals surface area (Å²) in [5.41, 5.74) is 1.03. The van der Waals surface area contributed by atoms with Crippen molar-refractivity contribution in [2.75, 3.05) is 6.54 Å². The smallest absolute Gasteiger partial charge is 0.144 e. The lowest BCUT2D eigenvalue weighted by Gasteiger charge is -2.20. The molecule has 0 saturated heterocycles. The van der Waals surface area contributed by atoms with E-state index in [2.05, 4.69) is 19.2 Å². The fraction of sp³-hybridized carbons (Fsp3) is 0.533. The normalized spacial score (nSPS) is 13.1. The van der Waals surface area contributed by atoms with Gasteiger partial charge in [-0.1, -0.05) is 51.4 Å². The summed E-state index contributed by atoms with van der Waals surface area (Å²) in [4.78, 5) is 12.3. The van der Waals surface area contributed by atoms with Crippen LogP contribution in [0.2, 0.25) is 5.02 Å². The Bertz CT molecular complexity index is 384. The zero-order valence-electron chi connectivity index (χ0n) is 11.5. The maximum Gasteiger partial charge on any atom is 0.144 e. The average molecular weight is 268 g/mol. The third-order valence-corrected chi connectivity index (χ3v) is 3.17. The molecule has 0 saturated carbocycles. The first-order valence-electron chi connectivity index (χ1n) is 6.44. The maximum absolute atomic E-state index is 12.3. The predicted octanol–water partition coefficient (Wildman–Crippen LogP) is 3.65. The molecule has 3 heteroatoms. The zero-order chi connectivity index (χ0) is 13.7. The van der Waals surface area contributed by atoms with Crippen molar-refractivity contribution in [2.24, 2.45) is 5.92 Å². The molecule has 0 aromatic heterocycles. The number of ketones is 1. The van der Waals surface area contributed by atoms with Gasteiger partial charge in [-0.25, -0.2) is 0 Å². The topological polar surface area (TPSA) is 29.1 Å². The summed E-state index contributed by atoms with van der Waals surface area (Å²) in [6.07, 6.45) is 0. The quantitative estimate of drug-likeness (QED) is 0.853. The lowest BCUT2D eigenvalue weighted by atomic mass is 9.88. The molecule has 2 nitrogen and oxygen atoms in total. The molecule has 0 radical (unpaired) electrons. The van der Waals surface area contributed by atoms with E-state index in [0.717, 1.165) is 5.56 Å². The van der Waals surface area contributed by atoms with E-state index in [-0.39, 0.29) is 17.6 Å². The van der Waals surface area contributed by atoms with Gasteiger partial charge in [0.1, 0.15) is 5.78 Å². The molecule has 0 amide bonds. The number of hydrogen-bond donors (Lipinski definition) is 1. The van der Waals surface area contributed by atoms with Gasteiger partial charge in [-0.2, -0.15) is 0 Å². The molecule has 1 aromatic carbocycles. The number of rotatable bonds is 6. The van der Waals surface area contributed by atoms with Crippen molar-refractivity contribution in [3.8, 4) is 0 Å². The minimum Gasteiger partial charge on any atom is -0.313 e. The van der Waals surface area contributed by atoms with Crippen molar-refractivity contribution < 1.29 is 4.79 Å². The molecule has 1 aromatic rings. The lowest BCUT2D eigenvalue weighted by molar-refractivity contribution is -0.123. The highest BCUT2D eigenvalue weighted by atomic mass is 35.5. The van der Waals surface area contributed by atoms with Crippen LogP contribution in [0.25, 0.3) is 0 Å². The number of nitrogens with one attached hydrogen (secondary N) is 1. The maximum atomic E-state index is 12.3. The molecule has 0 aliphatic carbocycles. The molecule has 0 aliphatic heterocycles. The van der Waals surface area contributed by atoms with E-state index in [1.807, 2.05) is 38.1 Å². The van der Waals surface area contributed by atoms with E-state index in [9.17, 15) is 4.79 Å². The molecule has 1 N–H and O–H groups in total. The highest BCUT2D eigenvalue weighted by Gasteiger charge is 2.22. The summed E-state index contributed by atoms with van der Waals surface area (Å²) in [5, 5.41) is 4.04. The molecular formula is C15H22ClNO. The van der Waals surface area contributed by atoms with Crippen LogP contribution in [0.1, 0.15) is 39.2 Å². The van der Waals surface area contributed by atoms with Crippen LogP contribution in [-0.4, -0.2) is 18.4 Å². The van der Waals surface area contributed by atoms with Gasteiger partial charge in [0.25, 0.3) is 0 Å². The molecule has 1 rings (SSSR count). The second-order valence-corrected chi connectivity index (χ2v) is 5.66. The second-order valence-electron chi connectivity index (χ2n) is 5.22. The predicted molar refractivity (Wildman–Crippen MR) is 77.2 cm³/mol. The molecule has 0 fully saturated rings. The summed E-state index contributed by atoms with van der Waals surface area (Å²) in [6, 6.07) is 7.93. The fourth-order valence-electron chi connectivity index (χ4n) is 1.83. The van der Waals surface area contributed by atoms with E-state index in [0.29, 0.717) is 17.6 Å². The second kappa shape index (κ2) is 6.91. The van der Waals surface area contributed by atoms with Crippen LogP contribution >= 0.6 is 11.6 Å². The van der Waals surface area contributed by atoms with Gasteiger partial charge in [-0.05, 0) is 17.7 Å². The van der Waals surface area contributed by atoms with Crippen molar-refractivity contribution in [3.05, 3.63) is 34.9 Å². The van der Waals surface area contributed by atoms with Crippen LogP contribution in [0.15, 0.2) is 24.3 Å². The Labute approximate surface area is 115 Å². The number of benzene rings is 1. The van der Waals surface area contributed by atoms with Crippen molar-refractivity contribution >= 4 is 17.4 Å². The average Bonchev–Trinajstić information content (AvgIpc) is 2.30. The van der Waals surface area contributed by atoms with E-state index in [1.54, 1.807) is 0 Å². The van der Waals surface area contributed by atoms with E-state index >= 15 is 0 Å². The monoisotopic (exact) mass is 267 g/mol. The molecular weight excluding hydrogens is 246 g/mol. The minimum absolute atomic E-state index is 0.0413. The third kappa shape index (κ3) is 4.43. The summed E-state index contributed by atoms with van der Waals surface area (Å²) in [6.45, 7) is 8.73. The number of Topliss-reactive ketones (excluding diaryl/α,β-unsaturated/α-hetero) is 1. The van der Waals surface area contributed by atoms with E-state index in [4.69, 9.17) is 11.6 Å². The highest BCUT2D eigenvalue weighted by Crippen LogP contribution is 2.22.